The average molecular weight is 509 g/mol. The lowest BCUT2D eigenvalue weighted by Crippen LogP contribution is -2.50. The van der Waals surface area contributed by atoms with Gasteiger partial charge >= 0.3 is 0 Å². The van der Waals surface area contributed by atoms with Crippen LogP contribution in [-0.4, -0.2) is 30.7 Å². The first-order valence-electron chi connectivity index (χ1n) is 17.6. The van der Waals surface area contributed by atoms with E-state index in [4.69, 9.17) is 0 Å². The zero-order chi connectivity index (χ0) is 26.4. The first kappa shape index (κ1) is 36.0. The van der Waals surface area contributed by atoms with Crippen LogP contribution in [0.1, 0.15) is 201 Å². The smallest absolute Gasteiger partial charge is 0.0786 e. The lowest BCUT2D eigenvalue weighted by atomic mass is 10.0. The fourth-order valence-electron chi connectivity index (χ4n) is 6.11. The van der Waals surface area contributed by atoms with E-state index in [-0.39, 0.29) is 0 Å². The van der Waals surface area contributed by atoms with Crippen molar-refractivity contribution in [3.63, 3.8) is 0 Å². The second-order valence-electron chi connectivity index (χ2n) is 12.4. The number of nitrogens with zero attached hydrogens (tertiary/aromatic N) is 1. The van der Waals surface area contributed by atoms with Crippen molar-refractivity contribution in [2.75, 3.05) is 26.2 Å². The molecule has 0 saturated carbocycles. The molecule has 0 amide bonds. The van der Waals surface area contributed by atoms with E-state index in [2.05, 4.69) is 27.7 Å². The summed E-state index contributed by atoms with van der Waals surface area (Å²) in [5.74, 6) is 0. The van der Waals surface area contributed by atoms with E-state index in [0.717, 1.165) is 0 Å². The fraction of sp³-hybridized carbons (Fsp3) is 1.00. The SMILES string of the molecule is CCCCCCCCCC[N+](CCCCC)(CCCCCCCCCC)CCCCCCCCCC. The first-order valence-corrected chi connectivity index (χ1v) is 17.6. The van der Waals surface area contributed by atoms with E-state index in [0.29, 0.717) is 0 Å². The first-order chi connectivity index (χ1) is 17.7. The van der Waals surface area contributed by atoms with Gasteiger partial charge < -0.3 is 4.48 Å². The van der Waals surface area contributed by atoms with Gasteiger partial charge in [0.15, 0.2) is 0 Å². The van der Waals surface area contributed by atoms with Crippen molar-refractivity contribution in [2.45, 2.75) is 201 Å². The molecule has 0 fully saturated rings. The van der Waals surface area contributed by atoms with Gasteiger partial charge in [-0.15, -0.1) is 0 Å². The summed E-state index contributed by atoms with van der Waals surface area (Å²) >= 11 is 0. The molecule has 0 aromatic carbocycles. The number of quaternary nitrogens is 1. The maximum Gasteiger partial charge on any atom is 0.0786 e. The van der Waals surface area contributed by atoms with Crippen molar-refractivity contribution in [1.29, 1.82) is 0 Å². The predicted octanol–water partition coefficient (Wildman–Crippen LogP) is 12.4. The van der Waals surface area contributed by atoms with Gasteiger partial charge in [-0.1, -0.05) is 150 Å². The van der Waals surface area contributed by atoms with Gasteiger partial charge in [-0.3, -0.25) is 0 Å². The molecule has 0 rings (SSSR count). The summed E-state index contributed by atoms with van der Waals surface area (Å²) in [5, 5.41) is 0. The Balaban J connectivity index is 4.60. The molecule has 0 atom stereocenters. The zero-order valence-corrected chi connectivity index (χ0v) is 26.4. The molecule has 36 heavy (non-hydrogen) atoms. The zero-order valence-electron chi connectivity index (χ0n) is 26.4. The largest absolute Gasteiger partial charge is 0.324 e. The number of hydrogen-bond acceptors (Lipinski definition) is 0. The molecule has 218 valence electrons. The molecule has 0 saturated heterocycles. The minimum Gasteiger partial charge on any atom is -0.324 e. The van der Waals surface area contributed by atoms with E-state index in [1.165, 1.54) is 204 Å². The Labute approximate surface area is 231 Å². The minimum atomic E-state index is 1.37. The van der Waals surface area contributed by atoms with Crippen molar-refractivity contribution < 1.29 is 4.48 Å². The van der Waals surface area contributed by atoms with Gasteiger partial charge in [0.1, 0.15) is 0 Å². The van der Waals surface area contributed by atoms with Crippen molar-refractivity contribution >= 4 is 0 Å². The molecule has 0 aromatic heterocycles. The summed E-state index contributed by atoms with van der Waals surface area (Å²) in [6, 6.07) is 0. The molecule has 0 N–H and O–H groups in total. The molecule has 0 spiro atoms. The third-order valence-electron chi connectivity index (χ3n) is 8.69. The standard InChI is InChI=1S/C35H74N/c1-5-9-13-16-19-22-25-29-33-36(32-28-12-8-4,34-30-26-23-20-17-14-10-6-2)35-31-27-24-21-18-15-11-7-3/h5-35H2,1-4H3/q+1. The Morgan fingerprint density at radius 2 is 0.389 bits per heavy atom. The molecule has 0 unspecified atom stereocenters. The summed E-state index contributed by atoms with van der Waals surface area (Å²) in [5.41, 5.74) is 0. The lowest BCUT2D eigenvalue weighted by molar-refractivity contribution is -0.929. The Kier molecular flexibility index (Phi) is 29.5. The summed E-state index contributed by atoms with van der Waals surface area (Å²) in [4.78, 5) is 0. The average Bonchev–Trinajstić information content (AvgIpc) is 2.89. The minimum absolute atomic E-state index is 1.37. The highest BCUT2D eigenvalue weighted by Gasteiger charge is 2.25. The molecule has 0 aliphatic rings. The monoisotopic (exact) mass is 509 g/mol. The van der Waals surface area contributed by atoms with Crippen LogP contribution in [0.2, 0.25) is 0 Å². The molecule has 0 bridgehead atoms. The second kappa shape index (κ2) is 29.5. The predicted molar refractivity (Wildman–Crippen MR) is 167 cm³/mol. The van der Waals surface area contributed by atoms with Gasteiger partial charge in [-0.2, -0.15) is 0 Å². The lowest BCUT2D eigenvalue weighted by Gasteiger charge is -2.39. The molecule has 1 nitrogen and oxygen atoms in total. The third kappa shape index (κ3) is 24.3. The Morgan fingerprint density at radius 3 is 0.639 bits per heavy atom. The normalized spacial score (nSPS) is 12.0. The van der Waals surface area contributed by atoms with Crippen molar-refractivity contribution in [3.8, 4) is 0 Å². The van der Waals surface area contributed by atoms with Crippen molar-refractivity contribution in [2.24, 2.45) is 0 Å². The molecule has 0 aliphatic heterocycles. The maximum absolute atomic E-state index is 2.38. The summed E-state index contributed by atoms with van der Waals surface area (Å²) in [6.45, 7) is 15.3. The quantitative estimate of drug-likeness (QED) is 0.0645. The van der Waals surface area contributed by atoms with E-state index in [1.807, 2.05) is 0 Å². The Hall–Kier alpha value is -0.0400. The molecule has 0 heterocycles. The van der Waals surface area contributed by atoms with Crippen LogP contribution in [0, 0.1) is 0 Å². The summed E-state index contributed by atoms with van der Waals surface area (Å²) in [6.07, 6.45) is 39.3. The van der Waals surface area contributed by atoms with E-state index >= 15 is 0 Å². The fourth-order valence-corrected chi connectivity index (χ4v) is 6.11. The van der Waals surface area contributed by atoms with Gasteiger partial charge in [-0.05, 0) is 51.4 Å². The Morgan fingerprint density at radius 1 is 0.222 bits per heavy atom. The van der Waals surface area contributed by atoms with Gasteiger partial charge in [-0.25, -0.2) is 0 Å². The highest BCUT2D eigenvalue weighted by Crippen LogP contribution is 2.20. The molecule has 0 aromatic rings. The van der Waals surface area contributed by atoms with Crippen LogP contribution in [0.4, 0.5) is 0 Å². The summed E-state index contributed by atoms with van der Waals surface area (Å²) < 4.78 is 1.47. The van der Waals surface area contributed by atoms with Crippen molar-refractivity contribution in [3.05, 3.63) is 0 Å². The van der Waals surface area contributed by atoms with Crippen LogP contribution in [0.15, 0.2) is 0 Å². The number of rotatable bonds is 31. The highest BCUT2D eigenvalue weighted by atomic mass is 15.3. The van der Waals surface area contributed by atoms with E-state index in [1.54, 1.807) is 0 Å². The maximum atomic E-state index is 2.38. The van der Waals surface area contributed by atoms with Crippen LogP contribution in [-0.2, 0) is 0 Å². The topological polar surface area (TPSA) is 0 Å². The van der Waals surface area contributed by atoms with E-state index < -0.39 is 0 Å². The molecule has 1 heteroatoms. The highest BCUT2D eigenvalue weighted by molar-refractivity contribution is 4.55. The van der Waals surface area contributed by atoms with Crippen LogP contribution in [0.25, 0.3) is 0 Å². The molecule has 0 radical (unpaired) electrons. The number of unbranched alkanes of at least 4 members (excludes halogenated alkanes) is 23. The Bertz CT molecular complexity index is 340. The number of hydrogen-bond donors (Lipinski definition) is 0. The van der Waals surface area contributed by atoms with Crippen LogP contribution < -0.4 is 0 Å². The van der Waals surface area contributed by atoms with Gasteiger partial charge in [0.25, 0.3) is 0 Å². The van der Waals surface area contributed by atoms with Crippen LogP contribution >= 0.6 is 0 Å². The van der Waals surface area contributed by atoms with E-state index in [9.17, 15) is 0 Å². The summed E-state index contributed by atoms with van der Waals surface area (Å²) in [7, 11) is 0. The van der Waals surface area contributed by atoms with Gasteiger partial charge in [0.2, 0.25) is 0 Å². The molecule has 0 aliphatic carbocycles. The third-order valence-corrected chi connectivity index (χ3v) is 8.69. The van der Waals surface area contributed by atoms with Gasteiger partial charge in [0, 0.05) is 0 Å². The second-order valence-corrected chi connectivity index (χ2v) is 12.4. The molecular weight excluding hydrogens is 434 g/mol. The van der Waals surface area contributed by atoms with Gasteiger partial charge in [0.05, 0.1) is 26.2 Å². The van der Waals surface area contributed by atoms with Crippen molar-refractivity contribution in [1.82, 2.24) is 0 Å². The van der Waals surface area contributed by atoms with Crippen LogP contribution in [0.5, 0.6) is 0 Å². The van der Waals surface area contributed by atoms with Crippen LogP contribution in [0.3, 0.4) is 0 Å². The molecular formula is C35H74N+.